The number of fused-ring (bicyclic) bond motifs is 1. The summed E-state index contributed by atoms with van der Waals surface area (Å²) in [5, 5.41) is 10.3. The van der Waals surface area contributed by atoms with E-state index in [1.165, 1.54) is 12.8 Å². The molecule has 3 rings (SSSR count). The first kappa shape index (κ1) is 15.6. The molecule has 2 aromatic rings. The SMILES string of the molecule is COc1ccccc1CCNC(=O)c1n[nH]c2c1CCCCC2. The number of nitrogens with one attached hydrogen (secondary N) is 2. The highest BCUT2D eigenvalue weighted by Crippen LogP contribution is 2.21. The zero-order valence-corrected chi connectivity index (χ0v) is 13.5. The lowest BCUT2D eigenvalue weighted by Gasteiger charge is -2.09. The van der Waals surface area contributed by atoms with Crippen molar-refractivity contribution in [3.63, 3.8) is 0 Å². The van der Waals surface area contributed by atoms with Gasteiger partial charge in [0.1, 0.15) is 5.75 Å². The van der Waals surface area contributed by atoms with E-state index in [0.717, 1.165) is 48.3 Å². The van der Waals surface area contributed by atoms with Gasteiger partial charge in [-0.05, 0) is 43.7 Å². The van der Waals surface area contributed by atoms with Crippen LogP contribution in [0.15, 0.2) is 24.3 Å². The van der Waals surface area contributed by atoms with Crippen molar-refractivity contribution in [1.29, 1.82) is 0 Å². The third-order valence-electron chi connectivity index (χ3n) is 4.39. The molecule has 0 bridgehead atoms. The molecule has 1 aromatic carbocycles. The van der Waals surface area contributed by atoms with E-state index in [9.17, 15) is 4.79 Å². The van der Waals surface area contributed by atoms with Gasteiger partial charge in [0.05, 0.1) is 7.11 Å². The fourth-order valence-corrected chi connectivity index (χ4v) is 3.15. The van der Waals surface area contributed by atoms with Crippen LogP contribution in [0.2, 0.25) is 0 Å². The average Bonchev–Trinajstić information content (AvgIpc) is 2.84. The van der Waals surface area contributed by atoms with Crippen LogP contribution in [0.1, 0.15) is 46.6 Å². The Bertz CT molecular complexity index is 679. The van der Waals surface area contributed by atoms with Crippen LogP contribution in [0.4, 0.5) is 0 Å². The fourth-order valence-electron chi connectivity index (χ4n) is 3.15. The number of para-hydroxylation sites is 1. The number of carbonyl (C=O) groups excluding carboxylic acids is 1. The Hall–Kier alpha value is -2.30. The number of rotatable bonds is 5. The molecule has 5 heteroatoms. The smallest absolute Gasteiger partial charge is 0.272 e. The number of aromatic nitrogens is 2. The van der Waals surface area contributed by atoms with E-state index in [1.54, 1.807) is 7.11 Å². The average molecular weight is 313 g/mol. The molecule has 0 unspecified atom stereocenters. The molecule has 0 spiro atoms. The van der Waals surface area contributed by atoms with Crippen molar-refractivity contribution in [2.24, 2.45) is 0 Å². The maximum absolute atomic E-state index is 12.4. The van der Waals surface area contributed by atoms with E-state index in [0.29, 0.717) is 12.2 Å². The number of hydrogen-bond acceptors (Lipinski definition) is 3. The van der Waals surface area contributed by atoms with Gasteiger partial charge < -0.3 is 10.1 Å². The van der Waals surface area contributed by atoms with Crippen molar-refractivity contribution in [1.82, 2.24) is 15.5 Å². The number of hydrogen-bond donors (Lipinski definition) is 2. The molecule has 1 aliphatic carbocycles. The van der Waals surface area contributed by atoms with Gasteiger partial charge in [0.15, 0.2) is 5.69 Å². The summed E-state index contributed by atoms with van der Waals surface area (Å²) in [4.78, 5) is 12.4. The van der Waals surface area contributed by atoms with Gasteiger partial charge in [-0.2, -0.15) is 5.10 Å². The van der Waals surface area contributed by atoms with E-state index >= 15 is 0 Å². The number of aromatic amines is 1. The molecule has 5 nitrogen and oxygen atoms in total. The molecule has 0 atom stereocenters. The van der Waals surface area contributed by atoms with Crippen LogP contribution in [-0.2, 0) is 19.3 Å². The summed E-state index contributed by atoms with van der Waals surface area (Å²) >= 11 is 0. The van der Waals surface area contributed by atoms with E-state index in [4.69, 9.17) is 4.74 Å². The second kappa shape index (κ2) is 7.31. The number of aryl methyl sites for hydroxylation is 1. The highest BCUT2D eigenvalue weighted by Gasteiger charge is 2.20. The van der Waals surface area contributed by atoms with Gasteiger partial charge in [0, 0.05) is 17.8 Å². The summed E-state index contributed by atoms with van der Waals surface area (Å²) in [7, 11) is 1.66. The minimum atomic E-state index is -0.0840. The summed E-state index contributed by atoms with van der Waals surface area (Å²) < 4.78 is 5.33. The third-order valence-corrected chi connectivity index (χ3v) is 4.39. The van der Waals surface area contributed by atoms with Crippen LogP contribution in [0.3, 0.4) is 0 Å². The van der Waals surface area contributed by atoms with Gasteiger partial charge in [-0.25, -0.2) is 0 Å². The quantitative estimate of drug-likeness (QED) is 0.834. The lowest BCUT2D eigenvalue weighted by Crippen LogP contribution is -2.27. The van der Waals surface area contributed by atoms with Gasteiger partial charge in [-0.1, -0.05) is 24.6 Å². The molecule has 23 heavy (non-hydrogen) atoms. The summed E-state index contributed by atoms with van der Waals surface area (Å²) in [5.41, 5.74) is 3.91. The predicted octanol–water partition coefficient (Wildman–Crippen LogP) is 2.66. The zero-order valence-electron chi connectivity index (χ0n) is 13.5. The molecule has 1 amide bonds. The molecule has 0 fully saturated rings. The Morgan fingerprint density at radius 2 is 2.09 bits per heavy atom. The standard InChI is InChI=1S/C18H23N3O2/c1-23-16-10-6-5-7-13(16)11-12-19-18(22)17-14-8-3-2-4-9-15(14)20-21-17/h5-7,10H,2-4,8-9,11-12H2,1H3,(H,19,22)(H,20,21). The Morgan fingerprint density at radius 1 is 1.26 bits per heavy atom. The summed E-state index contributed by atoms with van der Waals surface area (Å²) in [6.07, 6.45) is 6.20. The number of ether oxygens (including phenoxy) is 1. The molecular weight excluding hydrogens is 290 g/mol. The van der Waals surface area contributed by atoms with E-state index in [-0.39, 0.29) is 5.91 Å². The summed E-state index contributed by atoms with van der Waals surface area (Å²) in [5.74, 6) is 0.773. The maximum atomic E-state index is 12.4. The van der Waals surface area contributed by atoms with Gasteiger partial charge in [-0.3, -0.25) is 9.89 Å². The van der Waals surface area contributed by atoms with Crippen molar-refractivity contribution < 1.29 is 9.53 Å². The molecule has 0 aliphatic heterocycles. The molecule has 0 radical (unpaired) electrons. The molecule has 2 N–H and O–H groups in total. The summed E-state index contributed by atoms with van der Waals surface area (Å²) in [6, 6.07) is 7.88. The number of methoxy groups -OCH3 is 1. The maximum Gasteiger partial charge on any atom is 0.272 e. The van der Waals surface area contributed by atoms with Crippen LogP contribution >= 0.6 is 0 Å². The third kappa shape index (κ3) is 3.55. The predicted molar refractivity (Wildman–Crippen MR) is 88.9 cm³/mol. The van der Waals surface area contributed by atoms with Gasteiger partial charge in [0.25, 0.3) is 5.91 Å². The summed E-state index contributed by atoms with van der Waals surface area (Å²) in [6.45, 7) is 0.570. The van der Waals surface area contributed by atoms with Gasteiger partial charge >= 0.3 is 0 Å². The zero-order chi connectivity index (χ0) is 16.1. The highest BCUT2D eigenvalue weighted by molar-refractivity contribution is 5.94. The van der Waals surface area contributed by atoms with Crippen LogP contribution in [0.5, 0.6) is 5.75 Å². The molecule has 1 aliphatic rings. The first-order valence-corrected chi connectivity index (χ1v) is 8.26. The van der Waals surface area contributed by atoms with Crippen molar-refractivity contribution >= 4 is 5.91 Å². The lowest BCUT2D eigenvalue weighted by molar-refractivity contribution is 0.0948. The topological polar surface area (TPSA) is 67.0 Å². The Balaban J connectivity index is 1.61. The molecule has 0 saturated carbocycles. The van der Waals surface area contributed by atoms with Crippen LogP contribution < -0.4 is 10.1 Å². The van der Waals surface area contributed by atoms with Crippen molar-refractivity contribution in [2.45, 2.75) is 38.5 Å². The van der Waals surface area contributed by atoms with Crippen molar-refractivity contribution in [3.05, 3.63) is 46.8 Å². The molecular formula is C18H23N3O2. The van der Waals surface area contributed by atoms with Crippen LogP contribution in [-0.4, -0.2) is 29.8 Å². The van der Waals surface area contributed by atoms with E-state index in [2.05, 4.69) is 15.5 Å². The first-order valence-electron chi connectivity index (χ1n) is 8.26. The molecule has 1 aromatic heterocycles. The van der Waals surface area contributed by atoms with Crippen molar-refractivity contribution in [2.75, 3.05) is 13.7 Å². The Morgan fingerprint density at radius 3 is 2.96 bits per heavy atom. The highest BCUT2D eigenvalue weighted by atomic mass is 16.5. The number of amides is 1. The number of benzene rings is 1. The van der Waals surface area contributed by atoms with E-state index in [1.807, 2.05) is 24.3 Å². The largest absolute Gasteiger partial charge is 0.496 e. The Labute approximate surface area is 136 Å². The normalized spacial score (nSPS) is 14.0. The number of carbonyl (C=O) groups is 1. The minimum Gasteiger partial charge on any atom is -0.496 e. The molecule has 0 saturated heterocycles. The van der Waals surface area contributed by atoms with Gasteiger partial charge in [0.2, 0.25) is 0 Å². The number of nitrogens with zero attached hydrogens (tertiary/aromatic N) is 1. The Kier molecular flexibility index (Phi) is 4.95. The fraction of sp³-hybridized carbons (Fsp3) is 0.444. The van der Waals surface area contributed by atoms with Crippen LogP contribution in [0, 0.1) is 0 Å². The number of H-pyrrole nitrogens is 1. The second-order valence-electron chi connectivity index (χ2n) is 5.91. The van der Waals surface area contributed by atoms with Crippen molar-refractivity contribution in [3.8, 4) is 5.75 Å². The minimum absolute atomic E-state index is 0.0840. The monoisotopic (exact) mass is 313 g/mol. The second-order valence-corrected chi connectivity index (χ2v) is 5.91. The molecule has 122 valence electrons. The lowest BCUT2D eigenvalue weighted by atomic mass is 10.1. The van der Waals surface area contributed by atoms with Gasteiger partial charge in [-0.15, -0.1) is 0 Å². The first-order chi connectivity index (χ1) is 11.3. The molecule has 1 heterocycles. The van der Waals surface area contributed by atoms with Crippen LogP contribution in [0.25, 0.3) is 0 Å². The van der Waals surface area contributed by atoms with E-state index < -0.39 is 0 Å².